The van der Waals surface area contributed by atoms with Crippen molar-refractivity contribution in [3.8, 4) is 0 Å². The normalized spacial score (nSPS) is 11.3. The van der Waals surface area contributed by atoms with E-state index in [-0.39, 0.29) is 17.0 Å². The van der Waals surface area contributed by atoms with E-state index in [1.54, 1.807) is 12.3 Å². The van der Waals surface area contributed by atoms with Gasteiger partial charge in [-0.05, 0) is 18.2 Å². The van der Waals surface area contributed by atoms with Crippen LogP contribution in [-0.2, 0) is 10.0 Å². The van der Waals surface area contributed by atoms with E-state index < -0.39 is 21.7 Å². The van der Waals surface area contributed by atoms with Crippen LogP contribution in [-0.4, -0.2) is 25.9 Å². The van der Waals surface area contributed by atoms with Gasteiger partial charge in [-0.25, -0.2) is 22.5 Å². The second-order valence-corrected chi connectivity index (χ2v) is 6.60. The van der Waals surface area contributed by atoms with Crippen molar-refractivity contribution in [2.24, 2.45) is 0 Å². The van der Waals surface area contributed by atoms with Crippen LogP contribution in [0.3, 0.4) is 0 Å². The molecule has 2 aromatic rings. The van der Waals surface area contributed by atoms with Crippen molar-refractivity contribution in [2.45, 2.75) is 11.8 Å². The van der Waals surface area contributed by atoms with Crippen molar-refractivity contribution in [1.82, 2.24) is 9.71 Å². The third-order valence-electron chi connectivity index (χ3n) is 2.48. The van der Waals surface area contributed by atoms with E-state index in [1.165, 1.54) is 17.5 Å². The van der Waals surface area contributed by atoms with E-state index in [0.717, 1.165) is 18.2 Å². The van der Waals surface area contributed by atoms with Gasteiger partial charge in [-0.15, -0.1) is 11.3 Å². The van der Waals surface area contributed by atoms with Crippen LogP contribution in [0.15, 0.2) is 34.7 Å². The Bertz CT molecular complexity index is 745. The Labute approximate surface area is 125 Å². The molecule has 0 aliphatic rings. The average molecular weight is 329 g/mol. The first-order valence-electron chi connectivity index (χ1n) is 5.94. The minimum Gasteiger partial charge on any atom is -0.298 e. The first kappa shape index (κ1) is 15.5. The summed E-state index contributed by atoms with van der Waals surface area (Å²) in [5.41, 5.74) is -0.357. The first-order valence-corrected chi connectivity index (χ1v) is 8.30. The topological polar surface area (TPSA) is 88.2 Å². The fraction of sp³-hybridized carbons (Fsp3) is 0.167. The highest BCUT2D eigenvalue weighted by Crippen LogP contribution is 2.18. The molecule has 2 N–H and O–H groups in total. The number of halogens is 1. The second kappa shape index (κ2) is 6.29. The van der Waals surface area contributed by atoms with E-state index in [2.05, 4.69) is 15.0 Å². The maximum absolute atomic E-state index is 13.7. The number of thiazole rings is 1. The lowest BCUT2D eigenvalue weighted by Gasteiger charge is -2.08. The summed E-state index contributed by atoms with van der Waals surface area (Å²) in [6, 6.07) is 3.05. The molecule has 0 saturated heterocycles. The maximum atomic E-state index is 13.7. The van der Waals surface area contributed by atoms with Crippen LogP contribution < -0.4 is 10.0 Å². The molecule has 0 spiro atoms. The maximum Gasteiger partial charge on any atom is 0.260 e. The molecule has 0 atom stereocenters. The zero-order chi connectivity index (χ0) is 15.5. The Balaban J connectivity index is 2.33. The highest BCUT2D eigenvalue weighted by atomic mass is 32.2. The number of nitrogens with one attached hydrogen (secondary N) is 2. The molecule has 0 radical (unpaired) electrons. The Morgan fingerprint density at radius 1 is 1.43 bits per heavy atom. The molecule has 9 heteroatoms. The van der Waals surface area contributed by atoms with Crippen molar-refractivity contribution in [3.63, 3.8) is 0 Å². The molecule has 1 aromatic heterocycles. The summed E-state index contributed by atoms with van der Waals surface area (Å²) in [6.45, 7) is 1.82. The van der Waals surface area contributed by atoms with E-state index in [1.807, 2.05) is 0 Å². The zero-order valence-corrected chi connectivity index (χ0v) is 12.6. The lowest BCUT2D eigenvalue weighted by molar-refractivity contribution is 0.102. The van der Waals surface area contributed by atoms with Crippen molar-refractivity contribution >= 4 is 32.4 Å². The first-order chi connectivity index (χ1) is 9.94. The van der Waals surface area contributed by atoms with Gasteiger partial charge in [0.25, 0.3) is 5.91 Å². The summed E-state index contributed by atoms with van der Waals surface area (Å²) in [6.07, 6.45) is 1.49. The van der Waals surface area contributed by atoms with Gasteiger partial charge in [0, 0.05) is 18.1 Å². The van der Waals surface area contributed by atoms with Gasteiger partial charge in [-0.1, -0.05) is 6.92 Å². The molecule has 0 bridgehead atoms. The predicted octanol–water partition coefficient (Wildman–Crippen LogP) is 1.83. The number of sulfonamides is 1. The summed E-state index contributed by atoms with van der Waals surface area (Å²) in [4.78, 5) is 15.6. The zero-order valence-electron chi connectivity index (χ0n) is 11.0. The molecular weight excluding hydrogens is 317 g/mol. The smallest absolute Gasteiger partial charge is 0.260 e. The molecule has 1 heterocycles. The van der Waals surface area contributed by atoms with Crippen LogP contribution in [0.2, 0.25) is 0 Å². The van der Waals surface area contributed by atoms with Crippen LogP contribution in [0.4, 0.5) is 9.52 Å². The molecule has 112 valence electrons. The predicted molar refractivity (Wildman–Crippen MR) is 77.3 cm³/mol. The molecule has 1 aromatic carbocycles. The van der Waals surface area contributed by atoms with Crippen molar-refractivity contribution in [2.75, 3.05) is 11.9 Å². The molecule has 0 fully saturated rings. The Morgan fingerprint density at radius 2 is 2.19 bits per heavy atom. The van der Waals surface area contributed by atoms with Crippen molar-refractivity contribution in [1.29, 1.82) is 0 Å². The van der Waals surface area contributed by atoms with E-state index in [4.69, 9.17) is 0 Å². The Morgan fingerprint density at radius 3 is 2.81 bits per heavy atom. The molecule has 0 saturated carbocycles. The number of carbonyl (C=O) groups is 1. The molecular formula is C12H12FN3O3S2. The van der Waals surface area contributed by atoms with Crippen LogP contribution in [0.5, 0.6) is 0 Å². The van der Waals surface area contributed by atoms with Crippen molar-refractivity contribution in [3.05, 3.63) is 41.2 Å². The summed E-state index contributed by atoms with van der Waals surface area (Å²) >= 11 is 1.17. The third kappa shape index (κ3) is 3.63. The van der Waals surface area contributed by atoms with Crippen LogP contribution in [0.1, 0.15) is 17.3 Å². The number of hydrogen-bond acceptors (Lipinski definition) is 5. The highest BCUT2D eigenvalue weighted by molar-refractivity contribution is 7.89. The quantitative estimate of drug-likeness (QED) is 0.876. The van der Waals surface area contributed by atoms with Gasteiger partial charge in [-0.3, -0.25) is 10.1 Å². The lowest BCUT2D eigenvalue weighted by Crippen LogP contribution is -2.24. The molecule has 1 amide bonds. The SMILES string of the molecule is CCNS(=O)(=O)c1ccc(F)c(C(=O)Nc2nccs2)c1. The number of nitrogens with zero attached hydrogens (tertiary/aromatic N) is 1. The van der Waals surface area contributed by atoms with Gasteiger partial charge in [0.15, 0.2) is 5.13 Å². The van der Waals surface area contributed by atoms with Gasteiger partial charge in [0.2, 0.25) is 10.0 Å². The van der Waals surface area contributed by atoms with Gasteiger partial charge < -0.3 is 0 Å². The number of aromatic nitrogens is 1. The minimum atomic E-state index is -3.75. The number of rotatable bonds is 5. The van der Waals surface area contributed by atoms with E-state index in [9.17, 15) is 17.6 Å². The monoisotopic (exact) mass is 329 g/mol. The van der Waals surface area contributed by atoms with Crippen LogP contribution >= 0.6 is 11.3 Å². The largest absolute Gasteiger partial charge is 0.298 e. The summed E-state index contributed by atoms with van der Waals surface area (Å²) < 4.78 is 39.7. The molecule has 21 heavy (non-hydrogen) atoms. The molecule has 2 rings (SSSR count). The van der Waals surface area contributed by atoms with Crippen molar-refractivity contribution < 1.29 is 17.6 Å². The number of benzene rings is 1. The Kier molecular flexibility index (Phi) is 4.66. The van der Waals surface area contributed by atoms with Crippen LogP contribution in [0, 0.1) is 5.82 Å². The highest BCUT2D eigenvalue weighted by Gasteiger charge is 2.19. The number of amides is 1. The van der Waals surface area contributed by atoms with Gasteiger partial charge in [0.1, 0.15) is 5.82 Å². The number of carbonyl (C=O) groups excluding carboxylic acids is 1. The average Bonchev–Trinajstić information content (AvgIpc) is 2.91. The number of anilines is 1. The van der Waals surface area contributed by atoms with Gasteiger partial charge in [-0.2, -0.15) is 0 Å². The standard InChI is InChI=1S/C12H12FN3O3S2/c1-2-15-21(18,19)8-3-4-10(13)9(7-8)11(17)16-12-14-5-6-20-12/h3-7,15H,2H2,1H3,(H,14,16,17). The molecule has 6 nitrogen and oxygen atoms in total. The van der Waals surface area contributed by atoms with E-state index >= 15 is 0 Å². The summed E-state index contributed by atoms with van der Waals surface area (Å²) in [7, 11) is -3.75. The molecule has 0 aliphatic heterocycles. The van der Waals surface area contributed by atoms with E-state index in [0.29, 0.717) is 5.13 Å². The van der Waals surface area contributed by atoms with Gasteiger partial charge >= 0.3 is 0 Å². The lowest BCUT2D eigenvalue weighted by atomic mass is 10.2. The Hall–Kier alpha value is -1.84. The molecule has 0 unspecified atom stereocenters. The van der Waals surface area contributed by atoms with Gasteiger partial charge in [0.05, 0.1) is 10.5 Å². The molecule has 0 aliphatic carbocycles. The second-order valence-electron chi connectivity index (χ2n) is 3.93. The fourth-order valence-electron chi connectivity index (χ4n) is 1.57. The third-order valence-corrected chi connectivity index (χ3v) is 4.71. The summed E-state index contributed by atoms with van der Waals surface area (Å²) in [5, 5.41) is 4.36. The minimum absolute atomic E-state index is 0.171. The van der Waals surface area contributed by atoms with Crippen LogP contribution in [0.25, 0.3) is 0 Å². The number of hydrogen-bond donors (Lipinski definition) is 2. The fourth-order valence-corrected chi connectivity index (χ4v) is 3.16. The summed E-state index contributed by atoms with van der Waals surface area (Å²) in [5.74, 6) is -1.56.